The molecule has 0 saturated heterocycles. The lowest BCUT2D eigenvalue weighted by Crippen LogP contribution is -2.41. The highest BCUT2D eigenvalue weighted by molar-refractivity contribution is 8.00. The van der Waals surface area contributed by atoms with Crippen LogP contribution >= 0.6 is 11.8 Å². The van der Waals surface area contributed by atoms with Gasteiger partial charge in [-0.3, -0.25) is 9.59 Å². The number of unbranched alkanes of at least 4 members (excludes halogenated alkanes) is 1. The van der Waals surface area contributed by atoms with Crippen LogP contribution in [0.15, 0.2) is 0 Å². The molecule has 0 spiro atoms. The van der Waals surface area contributed by atoms with Crippen LogP contribution in [0, 0.1) is 0 Å². The standard InChI is InChI=1S/C14H25NO3S/c1-19-14(9-5-2-6-10-14)11-15-12(16)7-3-4-8-13(17)18/h2-11H2,1H3,(H,15,16)(H,17,18). The Balaban J connectivity index is 2.19. The number of carboxylic acid groups (broad SMARTS) is 1. The highest BCUT2D eigenvalue weighted by atomic mass is 32.2. The topological polar surface area (TPSA) is 66.4 Å². The molecule has 0 heterocycles. The molecule has 1 saturated carbocycles. The first-order valence-corrected chi connectivity index (χ1v) is 8.34. The second-order valence-electron chi connectivity index (χ2n) is 5.33. The monoisotopic (exact) mass is 287 g/mol. The van der Waals surface area contributed by atoms with Crippen LogP contribution in [-0.2, 0) is 9.59 Å². The number of hydrogen-bond acceptors (Lipinski definition) is 3. The van der Waals surface area contributed by atoms with Crippen molar-refractivity contribution in [3.8, 4) is 0 Å². The van der Waals surface area contributed by atoms with Crippen molar-refractivity contribution in [3.63, 3.8) is 0 Å². The van der Waals surface area contributed by atoms with Crippen LogP contribution in [-0.4, -0.2) is 34.5 Å². The summed E-state index contributed by atoms with van der Waals surface area (Å²) in [5, 5.41) is 11.5. The lowest BCUT2D eigenvalue weighted by atomic mass is 9.88. The number of hydrogen-bond donors (Lipinski definition) is 2. The van der Waals surface area contributed by atoms with Crippen LogP contribution in [0.3, 0.4) is 0 Å². The number of aliphatic carboxylic acids is 1. The lowest BCUT2D eigenvalue weighted by Gasteiger charge is -2.35. The summed E-state index contributed by atoms with van der Waals surface area (Å²) in [7, 11) is 0. The summed E-state index contributed by atoms with van der Waals surface area (Å²) >= 11 is 1.88. The fourth-order valence-corrected chi connectivity index (χ4v) is 3.47. The number of rotatable bonds is 8. The van der Waals surface area contributed by atoms with E-state index in [1.165, 1.54) is 32.1 Å². The van der Waals surface area contributed by atoms with Crippen molar-refractivity contribution in [1.82, 2.24) is 5.32 Å². The zero-order chi connectivity index (χ0) is 14.1. The first kappa shape index (κ1) is 16.3. The van der Waals surface area contributed by atoms with Gasteiger partial charge in [0.2, 0.25) is 5.91 Å². The fraction of sp³-hybridized carbons (Fsp3) is 0.857. The van der Waals surface area contributed by atoms with Crippen molar-refractivity contribution in [2.24, 2.45) is 0 Å². The molecule has 0 radical (unpaired) electrons. The van der Waals surface area contributed by atoms with E-state index >= 15 is 0 Å². The van der Waals surface area contributed by atoms with E-state index in [-0.39, 0.29) is 17.1 Å². The maximum absolute atomic E-state index is 11.7. The third-order valence-corrected chi connectivity index (χ3v) is 5.27. The zero-order valence-electron chi connectivity index (χ0n) is 11.7. The molecule has 19 heavy (non-hydrogen) atoms. The molecule has 1 fully saturated rings. The Kier molecular flexibility index (Phi) is 7.28. The molecule has 1 aliphatic rings. The molecular weight excluding hydrogens is 262 g/mol. The Morgan fingerprint density at radius 1 is 1.16 bits per heavy atom. The fourth-order valence-electron chi connectivity index (χ4n) is 2.56. The number of carbonyl (C=O) groups excluding carboxylic acids is 1. The minimum atomic E-state index is -0.788. The van der Waals surface area contributed by atoms with Gasteiger partial charge in [0.1, 0.15) is 0 Å². The lowest BCUT2D eigenvalue weighted by molar-refractivity contribution is -0.137. The molecule has 4 nitrogen and oxygen atoms in total. The Bertz CT molecular complexity index is 301. The molecule has 110 valence electrons. The maximum atomic E-state index is 11.7. The van der Waals surface area contributed by atoms with Gasteiger partial charge in [0.15, 0.2) is 0 Å². The molecule has 0 aromatic heterocycles. The number of thioether (sulfide) groups is 1. The third kappa shape index (κ3) is 6.32. The van der Waals surface area contributed by atoms with Crippen molar-refractivity contribution in [2.45, 2.75) is 62.5 Å². The van der Waals surface area contributed by atoms with E-state index in [9.17, 15) is 9.59 Å². The average molecular weight is 287 g/mol. The molecule has 2 N–H and O–H groups in total. The molecule has 5 heteroatoms. The van der Waals surface area contributed by atoms with Crippen LogP contribution in [0.1, 0.15) is 57.8 Å². The Morgan fingerprint density at radius 2 is 1.79 bits per heavy atom. The van der Waals surface area contributed by atoms with Crippen molar-refractivity contribution in [2.75, 3.05) is 12.8 Å². The molecule has 0 aromatic rings. The van der Waals surface area contributed by atoms with E-state index < -0.39 is 5.97 Å². The number of carboxylic acids is 1. The van der Waals surface area contributed by atoms with Crippen LogP contribution in [0.5, 0.6) is 0 Å². The number of nitrogens with one attached hydrogen (secondary N) is 1. The molecule has 0 unspecified atom stereocenters. The molecule has 0 aromatic carbocycles. The summed E-state index contributed by atoms with van der Waals surface area (Å²) in [4.78, 5) is 22.1. The summed E-state index contributed by atoms with van der Waals surface area (Å²) in [6, 6.07) is 0. The van der Waals surface area contributed by atoms with Gasteiger partial charge in [-0.25, -0.2) is 0 Å². The Morgan fingerprint density at radius 3 is 2.37 bits per heavy atom. The molecule has 1 aliphatic carbocycles. The van der Waals surface area contributed by atoms with E-state index in [0.717, 1.165) is 6.54 Å². The minimum absolute atomic E-state index is 0.0596. The van der Waals surface area contributed by atoms with Gasteiger partial charge in [0.05, 0.1) is 0 Å². The van der Waals surface area contributed by atoms with E-state index in [4.69, 9.17) is 5.11 Å². The first-order chi connectivity index (χ1) is 9.08. The van der Waals surface area contributed by atoms with Gasteiger partial charge in [-0.2, -0.15) is 11.8 Å². The van der Waals surface area contributed by atoms with Gasteiger partial charge in [-0.1, -0.05) is 19.3 Å². The first-order valence-electron chi connectivity index (χ1n) is 7.12. The van der Waals surface area contributed by atoms with Gasteiger partial charge < -0.3 is 10.4 Å². The maximum Gasteiger partial charge on any atom is 0.303 e. The minimum Gasteiger partial charge on any atom is -0.481 e. The molecule has 0 aliphatic heterocycles. The highest BCUT2D eigenvalue weighted by Gasteiger charge is 2.31. The molecular formula is C14H25NO3S. The second-order valence-corrected chi connectivity index (χ2v) is 6.60. The predicted molar refractivity (Wildman–Crippen MR) is 78.4 cm³/mol. The Hall–Kier alpha value is -0.710. The van der Waals surface area contributed by atoms with Crippen molar-refractivity contribution in [1.29, 1.82) is 0 Å². The van der Waals surface area contributed by atoms with Gasteiger partial charge in [0.25, 0.3) is 0 Å². The quantitative estimate of drug-likeness (QED) is 0.674. The Labute approximate surface area is 119 Å². The largest absolute Gasteiger partial charge is 0.481 e. The van der Waals surface area contributed by atoms with E-state index in [1.54, 1.807) is 0 Å². The summed E-state index contributed by atoms with van der Waals surface area (Å²) in [5.41, 5.74) is 0. The van der Waals surface area contributed by atoms with E-state index in [0.29, 0.717) is 19.3 Å². The van der Waals surface area contributed by atoms with Crippen molar-refractivity contribution >= 4 is 23.6 Å². The third-order valence-electron chi connectivity index (χ3n) is 3.85. The van der Waals surface area contributed by atoms with Crippen LogP contribution < -0.4 is 5.32 Å². The van der Waals surface area contributed by atoms with Gasteiger partial charge in [-0.15, -0.1) is 0 Å². The summed E-state index contributed by atoms with van der Waals surface area (Å²) in [6.07, 6.45) is 10.2. The zero-order valence-corrected chi connectivity index (χ0v) is 12.6. The van der Waals surface area contributed by atoms with Gasteiger partial charge >= 0.3 is 5.97 Å². The van der Waals surface area contributed by atoms with Crippen molar-refractivity contribution in [3.05, 3.63) is 0 Å². The average Bonchev–Trinajstić information content (AvgIpc) is 2.42. The molecule has 1 rings (SSSR count). The number of amides is 1. The molecule has 1 amide bonds. The van der Waals surface area contributed by atoms with Gasteiger partial charge in [-0.05, 0) is 31.9 Å². The van der Waals surface area contributed by atoms with Crippen LogP contribution in [0.4, 0.5) is 0 Å². The highest BCUT2D eigenvalue weighted by Crippen LogP contribution is 2.37. The summed E-state index contributed by atoms with van der Waals surface area (Å²) in [5.74, 6) is -0.728. The second kappa shape index (κ2) is 8.46. The molecule has 0 atom stereocenters. The smallest absolute Gasteiger partial charge is 0.303 e. The molecule has 0 bridgehead atoms. The normalized spacial score (nSPS) is 17.9. The van der Waals surface area contributed by atoms with Crippen LogP contribution in [0.25, 0.3) is 0 Å². The number of carbonyl (C=O) groups is 2. The predicted octanol–water partition coefficient (Wildman–Crippen LogP) is 2.81. The van der Waals surface area contributed by atoms with E-state index in [1.807, 2.05) is 11.8 Å². The van der Waals surface area contributed by atoms with Crippen LogP contribution in [0.2, 0.25) is 0 Å². The summed E-state index contributed by atoms with van der Waals surface area (Å²) in [6.45, 7) is 0.756. The summed E-state index contributed by atoms with van der Waals surface area (Å²) < 4.78 is 0.231. The van der Waals surface area contributed by atoms with Crippen molar-refractivity contribution < 1.29 is 14.7 Å². The van der Waals surface area contributed by atoms with Gasteiger partial charge in [0, 0.05) is 24.1 Å². The SMILES string of the molecule is CSC1(CNC(=O)CCCCC(=O)O)CCCCC1. The van der Waals surface area contributed by atoms with E-state index in [2.05, 4.69) is 11.6 Å².